The standard InChI is InChI=1S/C22H17ClN4O/c23-17-8-6-16(7-9-17)22-18-12-13-27(14-20(18)26-28-22)21-11-10-19(24-25-21)15-4-2-1-3-5-15/h1-11H,12-14H2. The number of nitrogens with zero attached hydrogens (tertiary/aromatic N) is 4. The van der Waals surface area contributed by atoms with Gasteiger partial charge in [-0.05, 0) is 42.8 Å². The molecule has 1 aliphatic heterocycles. The van der Waals surface area contributed by atoms with E-state index in [-0.39, 0.29) is 0 Å². The third-order valence-corrected chi connectivity index (χ3v) is 5.24. The number of hydrogen-bond acceptors (Lipinski definition) is 5. The number of aromatic nitrogens is 3. The van der Waals surface area contributed by atoms with Crippen molar-refractivity contribution in [2.24, 2.45) is 0 Å². The van der Waals surface area contributed by atoms with Crippen LogP contribution in [-0.2, 0) is 13.0 Å². The van der Waals surface area contributed by atoms with Crippen LogP contribution in [0.15, 0.2) is 71.3 Å². The molecule has 0 unspecified atom stereocenters. The number of fused-ring (bicyclic) bond motifs is 1. The van der Waals surface area contributed by atoms with Crippen molar-refractivity contribution >= 4 is 17.4 Å². The monoisotopic (exact) mass is 388 g/mol. The number of benzene rings is 2. The second-order valence-corrected chi connectivity index (χ2v) is 7.19. The van der Waals surface area contributed by atoms with Gasteiger partial charge in [0.2, 0.25) is 0 Å². The Kier molecular flexibility index (Phi) is 4.29. The molecule has 0 fully saturated rings. The molecule has 0 N–H and O–H groups in total. The van der Waals surface area contributed by atoms with E-state index in [1.165, 1.54) is 0 Å². The summed E-state index contributed by atoms with van der Waals surface area (Å²) < 4.78 is 5.65. The van der Waals surface area contributed by atoms with Crippen LogP contribution in [0.1, 0.15) is 11.3 Å². The summed E-state index contributed by atoms with van der Waals surface area (Å²) in [5.41, 5.74) is 5.04. The summed E-state index contributed by atoms with van der Waals surface area (Å²) in [5, 5.41) is 13.8. The molecule has 1 aliphatic rings. The summed E-state index contributed by atoms with van der Waals surface area (Å²) in [6.45, 7) is 1.50. The topological polar surface area (TPSA) is 55.1 Å². The van der Waals surface area contributed by atoms with Crippen molar-refractivity contribution < 1.29 is 4.52 Å². The van der Waals surface area contributed by atoms with Gasteiger partial charge in [0.15, 0.2) is 11.6 Å². The maximum absolute atomic E-state index is 5.99. The fraction of sp³-hybridized carbons (Fsp3) is 0.136. The molecule has 0 radical (unpaired) electrons. The largest absolute Gasteiger partial charge is 0.356 e. The Labute approximate surface area is 167 Å². The summed E-state index contributed by atoms with van der Waals surface area (Å²) >= 11 is 5.99. The third-order valence-electron chi connectivity index (χ3n) is 4.99. The van der Waals surface area contributed by atoms with Crippen molar-refractivity contribution in [1.29, 1.82) is 0 Å². The SMILES string of the molecule is Clc1ccc(-c2onc3c2CCN(c2ccc(-c4ccccc4)nn2)C3)cc1. The molecule has 138 valence electrons. The van der Waals surface area contributed by atoms with E-state index < -0.39 is 0 Å². The Balaban J connectivity index is 1.37. The molecule has 3 heterocycles. The molecule has 2 aromatic carbocycles. The summed E-state index contributed by atoms with van der Waals surface area (Å²) in [6, 6.07) is 21.7. The summed E-state index contributed by atoms with van der Waals surface area (Å²) in [4.78, 5) is 2.18. The number of hydrogen-bond donors (Lipinski definition) is 0. The second-order valence-electron chi connectivity index (χ2n) is 6.76. The molecule has 4 aromatic rings. The van der Waals surface area contributed by atoms with Crippen LogP contribution in [0, 0.1) is 0 Å². The Morgan fingerprint density at radius 2 is 1.68 bits per heavy atom. The first-order valence-corrected chi connectivity index (χ1v) is 9.53. The van der Waals surface area contributed by atoms with Crippen molar-refractivity contribution in [3.63, 3.8) is 0 Å². The lowest BCUT2D eigenvalue weighted by Crippen LogP contribution is -2.31. The van der Waals surface area contributed by atoms with E-state index in [2.05, 4.69) is 20.3 Å². The molecule has 0 spiro atoms. The van der Waals surface area contributed by atoms with Crippen LogP contribution in [0.4, 0.5) is 5.82 Å². The van der Waals surface area contributed by atoms with Crippen LogP contribution in [-0.4, -0.2) is 21.9 Å². The Morgan fingerprint density at radius 1 is 0.857 bits per heavy atom. The highest BCUT2D eigenvalue weighted by Crippen LogP contribution is 2.32. The molecule has 5 rings (SSSR count). The van der Waals surface area contributed by atoms with Crippen molar-refractivity contribution in [2.45, 2.75) is 13.0 Å². The highest BCUT2D eigenvalue weighted by Gasteiger charge is 2.25. The van der Waals surface area contributed by atoms with Gasteiger partial charge in [0.05, 0.1) is 12.2 Å². The molecule has 0 saturated heterocycles. The maximum atomic E-state index is 5.99. The molecule has 2 aromatic heterocycles. The van der Waals surface area contributed by atoms with Gasteiger partial charge in [-0.2, -0.15) is 0 Å². The Hall–Kier alpha value is -3.18. The van der Waals surface area contributed by atoms with Crippen molar-refractivity contribution in [1.82, 2.24) is 15.4 Å². The highest BCUT2D eigenvalue weighted by molar-refractivity contribution is 6.30. The minimum Gasteiger partial charge on any atom is -0.356 e. The minimum absolute atomic E-state index is 0.659. The van der Waals surface area contributed by atoms with Crippen molar-refractivity contribution in [3.8, 4) is 22.6 Å². The Morgan fingerprint density at radius 3 is 2.43 bits per heavy atom. The zero-order chi connectivity index (χ0) is 18.9. The van der Waals surface area contributed by atoms with Crippen LogP contribution in [0.5, 0.6) is 0 Å². The van der Waals surface area contributed by atoms with Gasteiger partial charge in [0, 0.05) is 28.3 Å². The zero-order valence-electron chi connectivity index (χ0n) is 15.0. The number of halogens is 1. The van der Waals surface area contributed by atoms with E-state index in [0.717, 1.165) is 52.6 Å². The van der Waals surface area contributed by atoms with Crippen molar-refractivity contribution in [3.05, 3.63) is 83.0 Å². The van der Waals surface area contributed by atoms with Gasteiger partial charge in [-0.3, -0.25) is 0 Å². The molecule has 0 saturated carbocycles. The predicted octanol–water partition coefficient (Wildman–Crippen LogP) is 5.01. The lowest BCUT2D eigenvalue weighted by atomic mass is 10.0. The van der Waals surface area contributed by atoms with E-state index >= 15 is 0 Å². The smallest absolute Gasteiger partial charge is 0.170 e. The molecule has 6 heteroatoms. The molecule has 28 heavy (non-hydrogen) atoms. The molecule has 0 bridgehead atoms. The number of rotatable bonds is 3. The molecule has 0 amide bonds. The Bertz CT molecular complexity index is 1090. The van der Waals surface area contributed by atoms with E-state index in [9.17, 15) is 0 Å². The highest BCUT2D eigenvalue weighted by atomic mass is 35.5. The van der Waals surface area contributed by atoms with Gasteiger partial charge < -0.3 is 9.42 Å². The fourth-order valence-corrected chi connectivity index (χ4v) is 3.64. The van der Waals surface area contributed by atoms with Crippen molar-refractivity contribution in [2.75, 3.05) is 11.4 Å². The second kappa shape index (κ2) is 7.09. The summed E-state index contributed by atoms with van der Waals surface area (Å²) in [7, 11) is 0. The van der Waals surface area contributed by atoms with Gasteiger partial charge in [0.1, 0.15) is 5.69 Å². The van der Waals surface area contributed by atoms with Gasteiger partial charge in [-0.1, -0.05) is 47.1 Å². The maximum Gasteiger partial charge on any atom is 0.170 e. The summed E-state index contributed by atoms with van der Waals surface area (Å²) in [5.74, 6) is 1.68. The van der Waals surface area contributed by atoms with Gasteiger partial charge >= 0.3 is 0 Å². The van der Waals surface area contributed by atoms with E-state index in [0.29, 0.717) is 11.6 Å². The minimum atomic E-state index is 0.659. The quantitative estimate of drug-likeness (QED) is 0.493. The van der Waals surface area contributed by atoms with E-state index in [4.69, 9.17) is 16.1 Å². The van der Waals surface area contributed by atoms with Crippen LogP contribution in [0.2, 0.25) is 5.02 Å². The van der Waals surface area contributed by atoms with Gasteiger partial charge in [0.25, 0.3) is 0 Å². The molecule has 0 atom stereocenters. The predicted molar refractivity (Wildman–Crippen MR) is 109 cm³/mol. The van der Waals surface area contributed by atoms with Crippen LogP contribution < -0.4 is 4.90 Å². The first kappa shape index (κ1) is 17.0. The molecule has 5 nitrogen and oxygen atoms in total. The summed E-state index contributed by atoms with van der Waals surface area (Å²) in [6.07, 6.45) is 0.846. The lowest BCUT2D eigenvalue weighted by molar-refractivity contribution is 0.423. The average molecular weight is 389 g/mol. The molecular formula is C22H17ClN4O. The van der Waals surface area contributed by atoms with E-state index in [1.807, 2.05) is 66.7 Å². The first-order valence-electron chi connectivity index (χ1n) is 9.15. The van der Waals surface area contributed by atoms with Crippen LogP contribution >= 0.6 is 11.6 Å². The van der Waals surface area contributed by atoms with Crippen LogP contribution in [0.25, 0.3) is 22.6 Å². The third kappa shape index (κ3) is 3.14. The average Bonchev–Trinajstić information content (AvgIpc) is 3.18. The normalized spacial score (nSPS) is 13.4. The number of anilines is 1. The zero-order valence-corrected chi connectivity index (χ0v) is 15.8. The molecular weight excluding hydrogens is 372 g/mol. The molecule has 0 aliphatic carbocycles. The van der Waals surface area contributed by atoms with Gasteiger partial charge in [-0.25, -0.2) is 0 Å². The fourth-order valence-electron chi connectivity index (χ4n) is 3.51. The lowest BCUT2D eigenvalue weighted by Gasteiger charge is -2.26. The van der Waals surface area contributed by atoms with E-state index in [1.54, 1.807) is 0 Å². The van der Waals surface area contributed by atoms with Crippen LogP contribution in [0.3, 0.4) is 0 Å². The van der Waals surface area contributed by atoms with Gasteiger partial charge in [-0.15, -0.1) is 10.2 Å². The first-order chi connectivity index (χ1) is 13.8.